The third-order valence-corrected chi connectivity index (χ3v) is 3.09. The van der Waals surface area contributed by atoms with Gasteiger partial charge >= 0.3 is 0 Å². The van der Waals surface area contributed by atoms with Crippen molar-refractivity contribution >= 4 is 11.6 Å². The zero-order valence-corrected chi connectivity index (χ0v) is 13.1. The summed E-state index contributed by atoms with van der Waals surface area (Å²) in [7, 11) is 0. The highest BCUT2D eigenvalue weighted by Gasteiger charge is 2.11. The van der Waals surface area contributed by atoms with E-state index in [0.717, 1.165) is 43.7 Å². The highest BCUT2D eigenvalue weighted by atomic mass is 16.1. The molecule has 0 spiro atoms. The standard InChI is InChI=1S/C16H27N3O/c1-5-8-17-15-10-13(4)19-11-14(15)16(20)18-9-6-7-12(2)3/h10-12H,5-9H2,1-4H3,(H,17,19)(H,18,20). The average molecular weight is 277 g/mol. The average Bonchev–Trinajstić information content (AvgIpc) is 2.41. The van der Waals surface area contributed by atoms with E-state index in [9.17, 15) is 4.79 Å². The molecule has 0 bridgehead atoms. The van der Waals surface area contributed by atoms with Crippen molar-refractivity contribution in [2.75, 3.05) is 18.4 Å². The van der Waals surface area contributed by atoms with Crippen molar-refractivity contribution in [1.29, 1.82) is 0 Å². The molecule has 20 heavy (non-hydrogen) atoms. The number of carbonyl (C=O) groups excluding carboxylic acids is 1. The van der Waals surface area contributed by atoms with Crippen LogP contribution in [0, 0.1) is 12.8 Å². The molecule has 0 aliphatic rings. The van der Waals surface area contributed by atoms with Gasteiger partial charge in [0.05, 0.1) is 11.3 Å². The maximum Gasteiger partial charge on any atom is 0.254 e. The highest BCUT2D eigenvalue weighted by Crippen LogP contribution is 2.15. The summed E-state index contributed by atoms with van der Waals surface area (Å²) in [5.74, 6) is 0.634. The molecular formula is C16H27N3O. The second-order valence-electron chi connectivity index (χ2n) is 5.59. The van der Waals surface area contributed by atoms with Crippen LogP contribution < -0.4 is 10.6 Å². The molecule has 1 aromatic heterocycles. The molecule has 0 fully saturated rings. The molecule has 0 saturated heterocycles. The normalized spacial score (nSPS) is 10.7. The molecule has 0 atom stereocenters. The summed E-state index contributed by atoms with van der Waals surface area (Å²) >= 11 is 0. The van der Waals surface area contributed by atoms with Crippen LogP contribution in [-0.2, 0) is 0 Å². The summed E-state index contributed by atoms with van der Waals surface area (Å²) in [5.41, 5.74) is 2.43. The maximum atomic E-state index is 12.2. The lowest BCUT2D eigenvalue weighted by atomic mass is 10.1. The molecule has 112 valence electrons. The van der Waals surface area contributed by atoms with Gasteiger partial charge in [-0.2, -0.15) is 0 Å². The third-order valence-electron chi connectivity index (χ3n) is 3.09. The van der Waals surface area contributed by atoms with Gasteiger partial charge < -0.3 is 10.6 Å². The third kappa shape index (κ3) is 5.59. The number of carbonyl (C=O) groups is 1. The first kappa shape index (κ1) is 16.5. The summed E-state index contributed by atoms with van der Waals surface area (Å²) in [4.78, 5) is 16.4. The van der Waals surface area contributed by atoms with Gasteiger partial charge in [-0.25, -0.2) is 0 Å². The zero-order valence-electron chi connectivity index (χ0n) is 13.1. The van der Waals surface area contributed by atoms with Crippen molar-refractivity contribution in [3.05, 3.63) is 23.5 Å². The molecule has 0 aromatic carbocycles. The topological polar surface area (TPSA) is 54.0 Å². The molecule has 0 radical (unpaired) electrons. The molecule has 1 aromatic rings. The highest BCUT2D eigenvalue weighted by molar-refractivity contribution is 5.99. The van der Waals surface area contributed by atoms with E-state index in [1.54, 1.807) is 6.20 Å². The Morgan fingerprint density at radius 1 is 1.35 bits per heavy atom. The molecule has 0 unspecified atom stereocenters. The van der Waals surface area contributed by atoms with Crippen LogP contribution >= 0.6 is 0 Å². The van der Waals surface area contributed by atoms with Crippen LogP contribution in [0.1, 0.15) is 56.1 Å². The number of pyridine rings is 1. The Kier molecular flexibility index (Phi) is 7.05. The molecular weight excluding hydrogens is 250 g/mol. The van der Waals surface area contributed by atoms with E-state index in [-0.39, 0.29) is 5.91 Å². The van der Waals surface area contributed by atoms with E-state index >= 15 is 0 Å². The molecule has 0 aliphatic carbocycles. The van der Waals surface area contributed by atoms with E-state index < -0.39 is 0 Å². The Hall–Kier alpha value is -1.58. The zero-order chi connectivity index (χ0) is 15.0. The van der Waals surface area contributed by atoms with Gasteiger partial charge in [-0.15, -0.1) is 0 Å². The largest absolute Gasteiger partial charge is 0.384 e. The van der Waals surface area contributed by atoms with E-state index in [4.69, 9.17) is 0 Å². The first-order valence-electron chi connectivity index (χ1n) is 7.53. The molecule has 1 heterocycles. The maximum absolute atomic E-state index is 12.2. The van der Waals surface area contributed by atoms with Crippen molar-refractivity contribution in [1.82, 2.24) is 10.3 Å². The number of hydrogen-bond acceptors (Lipinski definition) is 3. The van der Waals surface area contributed by atoms with Gasteiger partial charge in [0.1, 0.15) is 0 Å². The Morgan fingerprint density at radius 3 is 2.75 bits per heavy atom. The number of aryl methyl sites for hydroxylation is 1. The Labute approximate surface area is 122 Å². The molecule has 4 nitrogen and oxygen atoms in total. The summed E-state index contributed by atoms with van der Waals surface area (Å²) in [5, 5.41) is 6.26. The second-order valence-corrected chi connectivity index (χ2v) is 5.59. The number of aromatic nitrogens is 1. The number of rotatable bonds is 8. The van der Waals surface area contributed by atoms with Crippen LogP contribution in [0.4, 0.5) is 5.69 Å². The Morgan fingerprint density at radius 2 is 2.10 bits per heavy atom. The van der Waals surface area contributed by atoms with Crippen LogP contribution in [0.5, 0.6) is 0 Å². The van der Waals surface area contributed by atoms with Crippen LogP contribution in [0.25, 0.3) is 0 Å². The van der Waals surface area contributed by atoms with Crippen LogP contribution in [0.2, 0.25) is 0 Å². The fourth-order valence-corrected chi connectivity index (χ4v) is 1.95. The fraction of sp³-hybridized carbons (Fsp3) is 0.625. The monoisotopic (exact) mass is 277 g/mol. The summed E-state index contributed by atoms with van der Waals surface area (Å²) in [6, 6.07) is 1.93. The van der Waals surface area contributed by atoms with Crippen molar-refractivity contribution in [2.24, 2.45) is 5.92 Å². The van der Waals surface area contributed by atoms with Crippen molar-refractivity contribution < 1.29 is 4.79 Å². The summed E-state index contributed by atoms with van der Waals surface area (Å²) in [6.45, 7) is 10.0. The first-order chi connectivity index (χ1) is 9.54. The minimum absolute atomic E-state index is 0.0418. The lowest BCUT2D eigenvalue weighted by Gasteiger charge is -2.12. The molecule has 0 saturated carbocycles. The van der Waals surface area contributed by atoms with Crippen molar-refractivity contribution in [3.63, 3.8) is 0 Å². The first-order valence-corrected chi connectivity index (χ1v) is 7.53. The van der Waals surface area contributed by atoms with E-state index in [2.05, 4.69) is 36.4 Å². The second kappa shape index (κ2) is 8.56. The number of anilines is 1. The Bertz CT molecular complexity index is 430. The van der Waals surface area contributed by atoms with Gasteiger partial charge in [-0.05, 0) is 38.2 Å². The number of hydrogen-bond donors (Lipinski definition) is 2. The lowest BCUT2D eigenvalue weighted by molar-refractivity contribution is 0.0953. The minimum Gasteiger partial charge on any atom is -0.384 e. The van der Waals surface area contributed by atoms with Crippen molar-refractivity contribution in [2.45, 2.75) is 47.0 Å². The van der Waals surface area contributed by atoms with Gasteiger partial charge in [-0.3, -0.25) is 9.78 Å². The fourth-order valence-electron chi connectivity index (χ4n) is 1.95. The van der Waals surface area contributed by atoms with Gasteiger partial charge in [0, 0.05) is 25.0 Å². The molecule has 1 amide bonds. The number of amides is 1. The van der Waals surface area contributed by atoms with Gasteiger partial charge in [-0.1, -0.05) is 20.8 Å². The van der Waals surface area contributed by atoms with E-state index in [1.165, 1.54) is 0 Å². The summed E-state index contributed by atoms with van der Waals surface area (Å²) in [6.07, 6.45) is 4.83. The van der Waals surface area contributed by atoms with Gasteiger partial charge in [0.15, 0.2) is 0 Å². The van der Waals surface area contributed by atoms with Crippen LogP contribution in [0.3, 0.4) is 0 Å². The number of nitrogens with zero attached hydrogens (tertiary/aromatic N) is 1. The van der Waals surface area contributed by atoms with Gasteiger partial charge in [0.2, 0.25) is 0 Å². The smallest absolute Gasteiger partial charge is 0.254 e. The molecule has 0 aliphatic heterocycles. The SMILES string of the molecule is CCCNc1cc(C)ncc1C(=O)NCCCC(C)C. The predicted molar refractivity (Wildman–Crippen MR) is 84.2 cm³/mol. The van der Waals surface area contributed by atoms with E-state index in [1.807, 2.05) is 13.0 Å². The Balaban J connectivity index is 2.61. The predicted octanol–water partition coefficient (Wildman–Crippen LogP) is 3.38. The molecule has 2 N–H and O–H groups in total. The molecule has 1 rings (SSSR count). The van der Waals surface area contributed by atoms with E-state index in [0.29, 0.717) is 11.5 Å². The summed E-state index contributed by atoms with van der Waals surface area (Å²) < 4.78 is 0. The molecule has 4 heteroatoms. The van der Waals surface area contributed by atoms with Crippen LogP contribution in [-0.4, -0.2) is 24.0 Å². The minimum atomic E-state index is -0.0418. The van der Waals surface area contributed by atoms with Gasteiger partial charge in [0.25, 0.3) is 5.91 Å². The lowest BCUT2D eigenvalue weighted by Crippen LogP contribution is -2.26. The van der Waals surface area contributed by atoms with Crippen molar-refractivity contribution in [3.8, 4) is 0 Å². The quantitative estimate of drug-likeness (QED) is 0.716. The van der Waals surface area contributed by atoms with Crippen LogP contribution in [0.15, 0.2) is 12.3 Å². The number of nitrogens with one attached hydrogen (secondary N) is 2.